The molecule has 0 aliphatic carbocycles. The normalized spacial score (nSPS) is 12.1. The molecule has 4 heteroatoms. The maximum atomic E-state index is 10.7. The monoisotopic (exact) mass is 638 g/mol. The summed E-state index contributed by atoms with van der Waals surface area (Å²) < 4.78 is 1.12. The highest BCUT2D eigenvalue weighted by Gasteiger charge is 2.18. The van der Waals surface area contributed by atoms with E-state index in [-0.39, 0.29) is 11.2 Å². The highest BCUT2D eigenvalue weighted by atomic mass is 32.1. The molecule has 0 aliphatic heterocycles. The molecule has 0 radical (unpaired) electrons. The lowest BCUT2D eigenvalue weighted by molar-refractivity contribution is 0.473. The molecular weight excluding hydrogens is 605 g/mol. The number of nitrogens with zero attached hydrogens (tertiary/aromatic N) is 2. The fraction of sp³-hybridized carbons (Fsp3) is 0.0909. The topological polar surface area (TPSA) is 45.5 Å². The molecule has 0 spiro atoms. The fourth-order valence-corrected chi connectivity index (χ4v) is 7.44. The van der Waals surface area contributed by atoms with E-state index in [0.29, 0.717) is 5.56 Å². The number of fused-ring (bicyclic) bond motifs is 3. The van der Waals surface area contributed by atoms with E-state index in [1.165, 1.54) is 27.1 Å². The second-order valence-corrected chi connectivity index (χ2v) is 14.3. The number of aromatic nitrogens is 1. The molecule has 8 aromatic rings. The molecule has 8 rings (SSSR count). The molecule has 232 valence electrons. The number of aliphatic imine (C=N–C) groups is 1. The van der Waals surface area contributed by atoms with E-state index in [1.807, 2.05) is 30.3 Å². The lowest BCUT2D eigenvalue weighted by Crippen LogP contribution is -2.11. The Morgan fingerprint density at radius 2 is 1.35 bits per heavy atom. The van der Waals surface area contributed by atoms with Crippen LogP contribution in [0, 0.1) is 0 Å². The standard InChI is InChI=1S/C44H34N2OS/c1-44(2,3)34-21-22-40(47)33(24-34)27-45-39-18-9-8-16-37(39)43-46-42-38(36-17-10-14-29-12-6-7-15-35(29)36)25-32(26-41(42)48-43)31-20-19-28-11-4-5-13-30(28)23-31/h4-27,47H,1-3H3. The average molecular weight is 639 g/mol. The molecule has 0 unspecified atom stereocenters. The van der Waals surface area contributed by atoms with Crippen LogP contribution >= 0.6 is 11.3 Å². The Morgan fingerprint density at radius 1 is 0.625 bits per heavy atom. The summed E-state index contributed by atoms with van der Waals surface area (Å²) in [4.78, 5) is 10.2. The second-order valence-electron chi connectivity index (χ2n) is 13.3. The Balaban J connectivity index is 1.30. The summed E-state index contributed by atoms with van der Waals surface area (Å²) in [6, 6.07) is 48.7. The number of aromatic hydroxyl groups is 1. The SMILES string of the molecule is CC(C)(C)c1ccc(O)c(C=Nc2ccccc2-c2nc3c(-c4cccc5ccccc45)cc(-c4ccc5ccccc5c4)cc3s2)c1. The Bertz CT molecular complexity index is 2510. The smallest absolute Gasteiger partial charge is 0.126 e. The predicted molar refractivity (Wildman–Crippen MR) is 205 cm³/mol. The van der Waals surface area contributed by atoms with Crippen LogP contribution in [-0.4, -0.2) is 16.3 Å². The highest BCUT2D eigenvalue weighted by Crippen LogP contribution is 2.43. The van der Waals surface area contributed by atoms with E-state index in [2.05, 4.69) is 124 Å². The van der Waals surface area contributed by atoms with Crippen LogP contribution in [0.4, 0.5) is 5.69 Å². The van der Waals surface area contributed by atoms with Gasteiger partial charge in [0.05, 0.1) is 15.9 Å². The first-order chi connectivity index (χ1) is 23.3. The quantitative estimate of drug-likeness (QED) is 0.191. The molecule has 0 fully saturated rings. The van der Waals surface area contributed by atoms with Crippen molar-refractivity contribution in [2.75, 3.05) is 0 Å². The lowest BCUT2D eigenvalue weighted by atomic mass is 9.86. The van der Waals surface area contributed by atoms with E-state index in [9.17, 15) is 5.11 Å². The summed E-state index contributed by atoms with van der Waals surface area (Å²) >= 11 is 1.69. The number of phenols is 1. The molecule has 0 saturated carbocycles. The number of benzene rings is 7. The summed E-state index contributed by atoms with van der Waals surface area (Å²) in [5.41, 5.74) is 9.15. The van der Waals surface area contributed by atoms with Crippen LogP contribution < -0.4 is 0 Å². The molecule has 0 saturated heterocycles. The van der Waals surface area contributed by atoms with Crippen LogP contribution in [-0.2, 0) is 5.41 Å². The van der Waals surface area contributed by atoms with Crippen LogP contribution in [0.15, 0.2) is 145 Å². The molecule has 0 aliphatic rings. The van der Waals surface area contributed by atoms with E-state index in [0.717, 1.165) is 48.7 Å². The van der Waals surface area contributed by atoms with Crippen LogP contribution in [0.2, 0.25) is 0 Å². The number of thiazole rings is 1. The fourth-order valence-electron chi connectivity index (χ4n) is 6.38. The number of hydrogen-bond acceptors (Lipinski definition) is 4. The van der Waals surface area contributed by atoms with Crippen molar-refractivity contribution in [1.29, 1.82) is 0 Å². The van der Waals surface area contributed by atoms with Crippen LogP contribution in [0.25, 0.3) is 64.6 Å². The molecule has 1 heterocycles. The molecule has 48 heavy (non-hydrogen) atoms. The van der Waals surface area contributed by atoms with Crippen LogP contribution in [0.5, 0.6) is 5.75 Å². The van der Waals surface area contributed by atoms with Gasteiger partial charge in [-0.25, -0.2) is 4.98 Å². The molecule has 1 aromatic heterocycles. The lowest BCUT2D eigenvalue weighted by Gasteiger charge is -2.19. The van der Waals surface area contributed by atoms with Crippen molar-refractivity contribution in [2.45, 2.75) is 26.2 Å². The minimum atomic E-state index is -0.0390. The minimum Gasteiger partial charge on any atom is -0.507 e. The molecular formula is C44H34N2OS. The third-order valence-corrected chi connectivity index (χ3v) is 10.1. The zero-order valence-corrected chi connectivity index (χ0v) is 27.9. The van der Waals surface area contributed by atoms with E-state index in [4.69, 9.17) is 9.98 Å². The largest absolute Gasteiger partial charge is 0.507 e. The van der Waals surface area contributed by atoms with Gasteiger partial charge < -0.3 is 5.11 Å². The maximum absolute atomic E-state index is 10.7. The third kappa shape index (κ3) is 5.55. The van der Waals surface area contributed by atoms with Crippen LogP contribution in [0.1, 0.15) is 31.9 Å². The summed E-state index contributed by atoms with van der Waals surface area (Å²) in [5, 5.41) is 16.4. The molecule has 7 aromatic carbocycles. The van der Waals surface area contributed by atoms with Gasteiger partial charge >= 0.3 is 0 Å². The predicted octanol–water partition coefficient (Wildman–Crippen LogP) is 12.4. The summed E-state index contributed by atoms with van der Waals surface area (Å²) in [5.74, 6) is 0.213. The van der Waals surface area contributed by atoms with Gasteiger partial charge in [-0.15, -0.1) is 11.3 Å². The average Bonchev–Trinajstić information content (AvgIpc) is 3.54. The Hall–Kier alpha value is -5.58. The van der Waals surface area contributed by atoms with Crippen molar-refractivity contribution in [1.82, 2.24) is 4.98 Å². The molecule has 0 amide bonds. The van der Waals surface area contributed by atoms with Crippen molar-refractivity contribution in [3.63, 3.8) is 0 Å². The highest BCUT2D eigenvalue weighted by molar-refractivity contribution is 7.21. The first kappa shape index (κ1) is 29.8. The van der Waals surface area contributed by atoms with Crippen molar-refractivity contribution in [2.24, 2.45) is 4.99 Å². The number of rotatable bonds is 5. The molecule has 3 nitrogen and oxygen atoms in total. The summed E-state index contributed by atoms with van der Waals surface area (Å²) in [6.07, 6.45) is 1.76. The first-order valence-electron chi connectivity index (χ1n) is 16.2. The molecule has 0 atom stereocenters. The van der Waals surface area contributed by atoms with Gasteiger partial charge in [0.25, 0.3) is 0 Å². The van der Waals surface area contributed by atoms with Gasteiger partial charge in [-0.1, -0.05) is 118 Å². The van der Waals surface area contributed by atoms with Crippen molar-refractivity contribution >= 4 is 55.0 Å². The van der Waals surface area contributed by atoms with Crippen LogP contribution in [0.3, 0.4) is 0 Å². The Morgan fingerprint density at radius 3 is 2.21 bits per heavy atom. The van der Waals surface area contributed by atoms with Gasteiger partial charge in [-0.2, -0.15) is 0 Å². The second kappa shape index (κ2) is 11.9. The van der Waals surface area contributed by atoms with Crippen molar-refractivity contribution < 1.29 is 5.11 Å². The minimum absolute atomic E-state index is 0.0390. The van der Waals surface area contributed by atoms with Gasteiger partial charge in [0.1, 0.15) is 10.8 Å². The Kier molecular flexibility index (Phi) is 7.39. The van der Waals surface area contributed by atoms with Gasteiger partial charge in [0.2, 0.25) is 0 Å². The zero-order valence-electron chi connectivity index (χ0n) is 27.1. The summed E-state index contributed by atoms with van der Waals surface area (Å²) in [7, 11) is 0. The summed E-state index contributed by atoms with van der Waals surface area (Å²) in [6.45, 7) is 6.50. The van der Waals surface area contributed by atoms with E-state index in [1.54, 1.807) is 23.6 Å². The van der Waals surface area contributed by atoms with Gasteiger partial charge in [0, 0.05) is 22.9 Å². The van der Waals surface area contributed by atoms with E-state index >= 15 is 0 Å². The number of para-hydroxylation sites is 1. The zero-order chi connectivity index (χ0) is 32.8. The number of hydrogen-bond donors (Lipinski definition) is 1. The van der Waals surface area contributed by atoms with Gasteiger partial charge in [0.15, 0.2) is 0 Å². The third-order valence-electron chi connectivity index (χ3n) is 9.03. The van der Waals surface area contributed by atoms with Crippen molar-refractivity contribution in [3.05, 3.63) is 151 Å². The Labute approximate surface area is 284 Å². The van der Waals surface area contributed by atoms with E-state index < -0.39 is 0 Å². The first-order valence-corrected chi connectivity index (χ1v) is 17.0. The van der Waals surface area contributed by atoms with Crippen molar-refractivity contribution in [3.8, 4) is 38.6 Å². The molecule has 1 N–H and O–H groups in total. The molecule has 0 bridgehead atoms. The number of phenolic OH excluding ortho intramolecular Hbond substituents is 1. The van der Waals surface area contributed by atoms with Gasteiger partial charge in [-0.3, -0.25) is 4.99 Å². The van der Waals surface area contributed by atoms with Gasteiger partial charge in [-0.05, 0) is 91.7 Å². The maximum Gasteiger partial charge on any atom is 0.126 e.